The van der Waals surface area contributed by atoms with Gasteiger partial charge in [-0.1, -0.05) is 0 Å². The van der Waals surface area contributed by atoms with Crippen molar-refractivity contribution in [2.75, 3.05) is 25.1 Å². The molecule has 5 nitrogen and oxygen atoms in total. The van der Waals surface area contributed by atoms with Crippen LogP contribution in [0.5, 0.6) is 0 Å². The minimum Gasteiger partial charge on any atom is -0.379 e. The molecular formula is C12H15FN4O. The smallest absolute Gasteiger partial charge is 0.243 e. The second-order valence-corrected chi connectivity index (χ2v) is 4.53. The van der Waals surface area contributed by atoms with Crippen molar-refractivity contribution in [3.8, 4) is 0 Å². The largest absolute Gasteiger partial charge is 0.379 e. The van der Waals surface area contributed by atoms with Crippen molar-refractivity contribution in [2.24, 2.45) is 5.92 Å². The van der Waals surface area contributed by atoms with E-state index in [2.05, 4.69) is 15.4 Å². The van der Waals surface area contributed by atoms with Gasteiger partial charge in [-0.05, 0) is 30.9 Å². The van der Waals surface area contributed by atoms with Crippen LogP contribution in [0.1, 0.15) is 12.8 Å². The molecule has 0 spiro atoms. The number of anilines is 1. The zero-order valence-corrected chi connectivity index (χ0v) is 9.97. The average molecular weight is 250 g/mol. The Kier molecular flexibility index (Phi) is 3.10. The van der Waals surface area contributed by atoms with Gasteiger partial charge in [-0.25, -0.2) is 8.91 Å². The van der Waals surface area contributed by atoms with Crippen molar-refractivity contribution in [1.29, 1.82) is 0 Å². The second kappa shape index (κ2) is 4.89. The highest BCUT2D eigenvalue weighted by Crippen LogP contribution is 2.28. The molecule has 2 heterocycles. The van der Waals surface area contributed by atoms with E-state index in [1.807, 2.05) is 0 Å². The van der Waals surface area contributed by atoms with Crippen LogP contribution in [0.15, 0.2) is 18.3 Å². The molecule has 96 valence electrons. The summed E-state index contributed by atoms with van der Waals surface area (Å²) in [6.07, 6.45) is 3.90. The Morgan fingerprint density at radius 2 is 2.33 bits per heavy atom. The van der Waals surface area contributed by atoms with Crippen molar-refractivity contribution >= 4 is 11.6 Å². The van der Waals surface area contributed by atoms with Gasteiger partial charge in [-0.15, -0.1) is 5.10 Å². The predicted octanol–water partition coefficient (Wildman–Crippen LogP) is 1.71. The van der Waals surface area contributed by atoms with E-state index in [1.54, 1.807) is 6.07 Å². The van der Waals surface area contributed by atoms with Crippen LogP contribution in [0.4, 0.5) is 10.3 Å². The Morgan fingerprint density at radius 1 is 1.44 bits per heavy atom. The van der Waals surface area contributed by atoms with Crippen LogP contribution in [0.2, 0.25) is 0 Å². The molecule has 1 aliphatic carbocycles. The van der Waals surface area contributed by atoms with Gasteiger partial charge in [-0.2, -0.15) is 4.98 Å². The van der Waals surface area contributed by atoms with Crippen LogP contribution in [-0.4, -0.2) is 34.4 Å². The van der Waals surface area contributed by atoms with E-state index < -0.39 is 0 Å². The maximum absolute atomic E-state index is 13.0. The third-order valence-corrected chi connectivity index (χ3v) is 2.87. The van der Waals surface area contributed by atoms with E-state index in [-0.39, 0.29) is 5.82 Å². The summed E-state index contributed by atoms with van der Waals surface area (Å²) < 4.78 is 19.9. The molecule has 0 radical (unpaired) electrons. The van der Waals surface area contributed by atoms with E-state index in [0.29, 0.717) is 24.7 Å². The summed E-state index contributed by atoms with van der Waals surface area (Å²) in [5.74, 6) is 0.948. The fraction of sp³-hybridized carbons (Fsp3) is 0.500. The molecule has 0 unspecified atom stereocenters. The van der Waals surface area contributed by atoms with E-state index >= 15 is 0 Å². The standard InChI is InChI=1S/C12H15FN4O/c13-10-3-4-11-15-12(16-17(11)7-10)14-5-6-18-8-9-1-2-9/h3-4,7,9H,1-2,5-6,8H2,(H,14,16). The van der Waals surface area contributed by atoms with Crippen molar-refractivity contribution in [1.82, 2.24) is 14.6 Å². The summed E-state index contributed by atoms with van der Waals surface area (Å²) in [5.41, 5.74) is 0.623. The van der Waals surface area contributed by atoms with Gasteiger partial charge in [0.05, 0.1) is 12.8 Å². The summed E-state index contributed by atoms with van der Waals surface area (Å²) in [7, 11) is 0. The van der Waals surface area contributed by atoms with Crippen molar-refractivity contribution in [3.63, 3.8) is 0 Å². The molecule has 0 aliphatic heterocycles. The van der Waals surface area contributed by atoms with Crippen molar-refractivity contribution < 1.29 is 9.13 Å². The third kappa shape index (κ3) is 2.76. The molecule has 2 aromatic rings. The van der Waals surface area contributed by atoms with Gasteiger partial charge in [0.1, 0.15) is 5.82 Å². The summed E-state index contributed by atoms with van der Waals surface area (Å²) in [5, 5.41) is 7.17. The zero-order chi connectivity index (χ0) is 12.4. The van der Waals surface area contributed by atoms with E-state index in [9.17, 15) is 4.39 Å². The monoisotopic (exact) mass is 250 g/mol. The Labute approximate surface area is 104 Å². The quantitative estimate of drug-likeness (QED) is 0.793. The highest BCUT2D eigenvalue weighted by Gasteiger charge is 2.20. The number of nitrogens with zero attached hydrogens (tertiary/aromatic N) is 3. The van der Waals surface area contributed by atoms with Gasteiger partial charge < -0.3 is 10.1 Å². The summed E-state index contributed by atoms with van der Waals surface area (Å²) in [4.78, 5) is 4.22. The average Bonchev–Trinajstić information content (AvgIpc) is 3.08. The molecule has 2 aromatic heterocycles. The lowest BCUT2D eigenvalue weighted by Gasteiger charge is -2.02. The van der Waals surface area contributed by atoms with E-state index in [4.69, 9.17) is 4.74 Å². The normalized spacial score (nSPS) is 15.2. The Hall–Kier alpha value is -1.69. The fourth-order valence-electron chi connectivity index (χ4n) is 1.70. The second-order valence-electron chi connectivity index (χ2n) is 4.53. The lowest BCUT2D eigenvalue weighted by Crippen LogP contribution is -2.11. The summed E-state index contributed by atoms with van der Waals surface area (Å²) >= 11 is 0. The molecule has 0 aromatic carbocycles. The first-order valence-electron chi connectivity index (χ1n) is 6.15. The first-order valence-corrected chi connectivity index (χ1v) is 6.15. The fourth-order valence-corrected chi connectivity index (χ4v) is 1.70. The molecule has 1 aliphatic rings. The van der Waals surface area contributed by atoms with E-state index in [1.165, 1.54) is 29.6 Å². The number of halogens is 1. The molecule has 0 bridgehead atoms. The SMILES string of the molecule is Fc1ccc2nc(NCCOCC3CC3)nn2c1. The number of rotatable bonds is 6. The molecule has 1 N–H and O–H groups in total. The number of aromatic nitrogens is 3. The van der Waals surface area contributed by atoms with E-state index in [0.717, 1.165) is 12.5 Å². The molecule has 1 saturated carbocycles. The van der Waals surface area contributed by atoms with Gasteiger partial charge in [0.15, 0.2) is 5.65 Å². The summed E-state index contributed by atoms with van der Waals surface area (Å²) in [6, 6.07) is 2.96. The van der Waals surface area contributed by atoms with Gasteiger partial charge in [0.25, 0.3) is 0 Å². The first kappa shape index (κ1) is 11.4. The topological polar surface area (TPSA) is 51.5 Å². The molecule has 1 fully saturated rings. The van der Waals surface area contributed by atoms with Crippen LogP contribution in [-0.2, 0) is 4.74 Å². The first-order chi connectivity index (χ1) is 8.81. The molecular weight excluding hydrogens is 235 g/mol. The summed E-state index contributed by atoms with van der Waals surface area (Å²) in [6.45, 7) is 2.15. The van der Waals surface area contributed by atoms with Gasteiger partial charge in [0, 0.05) is 13.2 Å². The van der Waals surface area contributed by atoms with Gasteiger partial charge >= 0.3 is 0 Å². The van der Waals surface area contributed by atoms with Crippen LogP contribution < -0.4 is 5.32 Å². The minimum atomic E-state index is -0.327. The van der Waals surface area contributed by atoms with Crippen molar-refractivity contribution in [3.05, 3.63) is 24.1 Å². The Morgan fingerprint density at radius 3 is 3.17 bits per heavy atom. The Balaban J connectivity index is 1.50. The highest BCUT2D eigenvalue weighted by atomic mass is 19.1. The molecule has 18 heavy (non-hydrogen) atoms. The van der Waals surface area contributed by atoms with Crippen molar-refractivity contribution in [2.45, 2.75) is 12.8 Å². The number of hydrogen-bond acceptors (Lipinski definition) is 4. The number of ether oxygens (including phenoxy) is 1. The number of fused-ring (bicyclic) bond motifs is 1. The lowest BCUT2D eigenvalue weighted by atomic mass is 10.5. The van der Waals surface area contributed by atoms with Gasteiger partial charge in [0.2, 0.25) is 5.95 Å². The van der Waals surface area contributed by atoms with Gasteiger partial charge in [-0.3, -0.25) is 0 Å². The molecule has 6 heteroatoms. The minimum absolute atomic E-state index is 0.327. The lowest BCUT2D eigenvalue weighted by molar-refractivity contribution is 0.133. The van der Waals surface area contributed by atoms with Crippen LogP contribution in [0.25, 0.3) is 5.65 Å². The molecule has 0 atom stereocenters. The third-order valence-electron chi connectivity index (χ3n) is 2.87. The highest BCUT2D eigenvalue weighted by molar-refractivity contribution is 5.42. The zero-order valence-electron chi connectivity index (χ0n) is 9.97. The number of hydrogen-bond donors (Lipinski definition) is 1. The predicted molar refractivity (Wildman–Crippen MR) is 65.0 cm³/mol. The number of nitrogens with one attached hydrogen (secondary N) is 1. The maximum atomic E-state index is 13.0. The van der Waals surface area contributed by atoms with Crippen LogP contribution in [0.3, 0.4) is 0 Å². The van der Waals surface area contributed by atoms with Crippen LogP contribution in [0, 0.1) is 11.7 Å². The Bertz CT molecular complexity index is 538. The van der Waals surface area contributed by atoms with Crippen LogP contribution >= 0.6 is 0 Å². The maximum Gasteiger partial charge on any atom is 0.243 e. The molecule has 0 amide bonds. The number of pyridine rings is 1. The molecule has 0 saturated heterocycles. The molecule has 3 rings (SSSR count).